The summed E-state index contributed by atoms with van der Waals surface area (Å²) >= 11 is 1.70. The number of rotatable bonds is 3. The Labute approximate surface area is 179 Å². The maximum atomic E-state index is 6.22. The molecule has 7 nitrogen and oxygen atoms in total. The first-order valence-corrected chi connectivity index (χ1v) is 11.8. The minimum Gasteiger partial charge on any atom is -0.370 e. The van der Waals surface area contributed by atoms with Crippen molar-refractivity contribution in [3.8, 4) is 0 Å². The van der Waals surface area contributed by atoms with Gasteiger partial charge in [0.1, 0.15) is 29.0 Å². The summed E-state index contributed by atoms with van der Waals surface area (Å²) in [5.41, 5.74) is 3.41. The minimum atomic E-state index is -0.191. The van der Waals surface area contributed by atoms with Gasteiger partial charge in [0.05, 0.1) is 22.4 Å². The van der Waals surface area contributed by atoms with E-state index in [1.54, 1.807) is 17.7 Å². The van der Waals surface area contributed by atoms with Gasteiger partial charge in [-0.3, -0.25) is 0 Å². The van der Waals surface area contributed by atoms with E-state index in [-0.39, 0.29) is 11.8 Å². The van der Waals surface area contributed by atoms with Crippen LogP contribution in [0.3, 0.4) is 0 Å². The molecule has 3 aromatic rings. The molecular weight excluding hydrogens is 398 g/mol. The van der Waals surface area contributed by atoms with Crippen LogP contribution in [0.15, 0.2) is 6.33 Å². The molecule has 0 aromatic carbocycles. The molecule has 2 fully saturated rings. The van der Waals surface area contributed by atoms with Crippen LogP contribution in [0.1, 0.15) is 50.7 Å². The molecule has 0 spiro atoms. The number of aromatic nitrogens is 3. The highest BCUT2D eigenvalue weighted by Crippen LogP contribution is 2.44. The van der Waals surface area contributed by atoms with E-state index in [0.29, 0.717) is 6.61 Å². The first-order chi connectivity index (χ1) is 14.6. The third-order valence-corrected chi connectivity index (χ3v) is 7.52. The number of anilines is 2. The summed E-state index contributed by atoms with van der Waals surface area (Å²) < 4.78 is 13.1. The molecule has 6 heterocycles. The molecule has 158 valence electrons. The first kappa shape index (κ1) is 18.7. The van der Waals surface area contributed by atoms with Gasteiger partial charge in [0.2, 0.25) is 0 Å². The molecule has 0 radical (unpaired) electrons. The number of hydrogen-bond acceptors (Lipinski definition) is 8. The van der Waals surface area contributed by atoms with Crippen molar-refractivity contribution in [2.75, 3.05) is 29.9 Å². The molecule has 3 aliphatic heterocycles. The molecular formula is C22H27N5O2S. The van der Waals surface area contributed by atoms with E-state index in [9.17, 15) is 0 Å². The lowest BCUT2D eigenvalue weighted by Crippen LogP contribution is -2.33. The average molecular weight is 426 g/mol. The Morgan fingerprint density at radius 1 is 1.17 bits per heavy atom. The van der Waals surface area contributed by atoms with Gasteiger partial charge in [0.15, 0.2) is 0 Å². The maximum absolute atomic E-state index is 6.22. The van der Waals surface area contributed by atoms with E-state index in [4.69, 9.17) is 19.4 Å². The van der Waals surface area contributed by atoms with Gasteiger partial charge in [-0.1, -0.05) is 0 Å². The van der Waals surface area contributed by atoms with Crippen molar-refractivity contribution >= 4 is 43.4 Å². The summed E-state index contributed by atoms with van der Waals surface area (Å²) in [4.78, 5) is 17.9. The molecule has 0 aliphatic carbocycles. The van der Waals surface area contributed by atoms with Crippen LogP contribution in [0.25, 0.3) is 20.4 Å². The van der Waals surface area contributed by atoms with E-state index in [1.165, 1.54) is 29.4 Å². The number of thiophene rings is 1. The number of hydrogen-bond donors (Lipinski definition) is 1. The molecule has 0 saturated carbocycles. The lowest BCUT2D eigenvalue weighted by molar-refractivity contribution is -0.0395. The molecule has 8 heteroatoms. The first-order valence-electron chi connectivity index (χ1n) is 10.9. The standard InChI is InChI=1S/C22H27N5O2S/c1-22(2)10-13-14(11-29-22)20(27-7-3-4-8-27)26-21-16(13)17-18(30-21)19(24-12-23-17)25-15-6-5-9-28-15/h12,15H,3-11H2,1-2H3,(H,23,24,25). The van der Waals surface area contributed by atoms with Gasteiger partial charge in [-0.05, 0) is 45.1 Å². The van der Waals surface area contributed by atoms with Gasteiger partial charge in [0, 0.05) is 37.1 Å². The summed E-state index contributed by atoms with van der Waals surface area (Å²) in [6.07, 6.45) is 7.12. The van der Waals surface area contributed by atoms with Gasteiger partial charge in [-0.2, -0.15) is 0 Å². The van der Waals surface area contributed by atoms with Crippen molar-refractivity contribution < 1.29 is 9.47 Å². The monoisotopic (exact) mass is 425 g/mol. The van der Waals surface area contributed by atoms with Crippen LogP contribution < -0.4 is 10.2 Å². The Morgan fingerprint density at radius 2 is 2.03 bits per heavy atom. The highest BCUT2D eigenvalue weighted by Gasteiger charge is 2.33. The number of pyridine rings is 1. The van der Waals surface area contributed by atoms with Crippen LogP contribution in [0.4, 0.5) is 11.6 Å². The fourth-order valence-corrected chi connectivity index (χ4v) is 6.03. The van der Waals surface area contributed by atoms with E-state index in [1.807, 2.05) is 0 Å². The lowest BCUT2D eigenvalue weighted by atomic mass is 9.90. The maximum Gasteiger partial charge on any atom is 0.149 e. The molecule has 6 rings (SSSR count). The second kappa shape index (κ2) is 7.00. The summed E-state index contributed by atoms with van der Waals surface area (Å²) in [6, 6.07) is 0. The third-order valence-electron chi connectivity index (χ3n) is 6.44. The molecule has 3 aliphatic rings. The van der Waals surface area contributed by atoms with Crippen LogP contribution in [0.5, 0.6) is 0 Å². The largest absolute Gasteiger partial charge is 0.370 e. The smallest absolute Gasteiger partial charge is 0.149 e. The molecule has 0 amide bonds. The predicted octanol–water partition coefficient (Wildman–Crippen LogP) is 4.24. The van der Waals surface area contributed by atoms with Crippen molar-refractivity contribution in [1.29, 1.82) is 0 Å². The third kappa shape index (κ3) is 3.04. The highest BCUT2D eigenvalue weighted by molar-refractivity contribution is 7.26. The summed E-state index contributed by atoms with van der Waals surface area (Å²) in [6.45, 7) is 7.91. The molecule has 1 N–H and O–H groups in total. The van der Waals surface area contributed by atoms with Gasteiger partial charge in [0.25, 0.3) is 0 Å². The molecule has 2 saturated heterocycles. The minimum absolute atomic E-state index is 0.0303. The van der Waals surface area contributed by atoms with E-state index < -0.39 is 0 Å². The summed E-state index contributed by atoms with van der Waals surface area (Å²) in [5, 5.41) is 4.67. The van der Waals surface area contributed by atoms with Crippen LogP contribution in [-0.4, -0.2) is 46.5 Å². The number of ether oxygens (including phenoxy) is 2. The van der Waals surface area contributed by atoms with Crippen molar-refractivity contribution in [1.82, 2.24) is 15.0 Å². The van der Waals surface area contributed by atoms with Crippen LogP contribution >= 0.6 is 11.3 Å². The normalized spacial score (nSPS) is 23.4. The highest BCUT2D eigenvalue weighted by atomic mass is 32.1. The topological polar surface area (TPSA) is 72.4 Å². The number of nitrogens with zero attached hydrogens (tertiary/aromatic N) is 4. The van der Waals surface area contributed by atoms with Crippen molar-refractivity contribution in [2.45, 2.75) is 64.4 Å². The second-order valence-electron chi connectivity index (χ2n) is 9.14. The summed E-state index contributed by atoms with van der Waals surface area (Å²) in [5.74, 6) is 1.97. The van der Waals surface area contributed by atoms with Crippen LogP contribution in [0, 0.1) is 0 Å². The van der Waals surface area contributed by atoms with Crippen molar-refractivity contribution in [3.63, 3.8) is 0 Å². The summed E-state index contributed by atoms with van der Waals surface area (Å²) in [7, 11) is 0. The van der Waals surface area contributed by atoms with E-state index >= 15 is 0 Å². The SMILES string of the molecule is CC1(C)Cc2c(c(N3CCCC3)nc3sc4c(NC5CCCO5)ncnc4c23)CO1. The quantitative estimate of drug-likeness (QED) is 0.673. The Kier molecular flexibility index (Phi) is 4.37. The van der Waals surface area contributed by atoms with Gasteiger partial charge < -0.3 is 19.7 Å². The fraction of sp³-hybridized carbons (Fsp3) is 0.591. The van der Waals surface area contributed by atoms with Gasteiger partial charge >= 0.3 is 0 Å². The van der Waals surface area contributed by atoms with E-state index in [2.05, 4.69) is 29.0 Å². The number of nitrogens with one attached hydrogen (secondary N) is 1. The zero-order valence-corrected chi connectivity index (χ0v) is 18.3. The van der Waals surface area contributed by atoms with Crippen molar-refractivity contribution in [2.24, 2.45) is 0 Å². The molecule has 30 heavy (non-hydrogen) atoms. The van der Waals surface area contributed by atoms with Crippen LogP contribution in [-0.2, 0) is 22.5 Å². The Morgan fingerprint density at radius 3 is 2.83 bits per heavy atom. The zero-order chi connectivity index (χ0) is 20.3. The van der Waals surface area contributed by atoms with E-state index in [0.717, 1.165) is 65.6 Å². The number of fused-ring (bicyclic) bond motifs is 5. The van der Waals surface area contributed by atoms with Gasteiger partial charge in [-0.15, -0.1) is 11.3 Å². The molecule has 0 bridgehead atoms. The molecule has 3 aromatic heterocycles. The molecule has 1 unspecified atom stereocenters. The Balaban J connectivity index is 1.56. The fourth-order valence-electron chi connectivity index (χ4n) is 4.93. The zero-order valence-electron chi connectivity index (χ0n) is 17.5. The van der Waals surface area contributed by atoms with Crippen LogP contribution in [0.2, 0.25) is 0 Å². The second-order valence-corrected chi connectivity index (χ2v) is 10.1. The Bertz CT molecular complexity index is 1120. The van der Waals surface area contributed by atoms with Gasteiger partial charge in [-0.25, -0.2) is 15.0 Å². The Hall–Kier alpha value is -2.03. The predicted molar refractivity (Wildman–Crippen MR) is 119 cm³/mol. The van der Waals surface area contributed by atoms with Crippen molar-refractivity contribution in [3.05, 3.63) is 17.5 Å². The lowest BCUT2D eigenvalue weighted by Gasteiger charge is -2.34. The molecule has 1 atom stereocenters. The average Bonchev–Trinajstić information content (AvgIpc) is 3.47.